The number of nitrogens with zero attached hydrogens (tertiary/aromatic N) is 3. The summed E-state index contributed by atoms with van der Waals surface area (Å²) in [7, 11) is 1.60. The third-order valence-corrected chi connectivity index (χ3v) is 3.13. The first-order chi connectivity index (χ1) is 9.71. The van der Waals surface area contributed by atoms with Gasteiger partial charge in [0, 0.05) is 43.0 Å². The summed E-state index contributed by atoms with van der Waals surface area (Å²) in [6, 6.07) is 5.89. The van der Waals surface area contributed by atoms with Crippen molar-refractivity contribution >= 4 is 0 Å². The molecule has 5 nitrogen and oxygen atoms in total. The SMILES string of the molecule is CCC(N)Cc1ccnc(Cc2ccc(OC)nc2)n1. The summed E-state index contributed by atoms with van der Waals surface area (Å²) in [5.74, 6) is 1.40. The fourth-order valence-corrected chi connectivity index (χ4v) is 1.87. The van der Waals surface area contributed by atoms with Crippen LogP contribution in [0.1, 0.15) is 30.4 Å². The lowest BCUT2D eigenvalue weighted by molar-refractivity contribution is 0.397. The molecule has 20 heavy (non-hydrogen) atoms. The van der Waals surface area contributed by atoms with Crippen molar-refractivity contribution in [1.82, 2.24) is 15.0 Å². The lowest BCUT2D eigenvalue weighted by atomic mass is 10.1. The van der Waals surface area contributed by atoms with Gasteiger partial charge in [0.1, 0.15) is 5.82 Å². The maximum atomic E-state index is 5.96. The predicted octanol–water partition coefficient (Wildman–Crippen LogP) is 1.75. The Morgan fingerprint density at radius 2 is 2.10 bits per heavy atom. The lowest BCUT2D eigenvalue weighted by Crippen LogP contribution is -2.22. The Morgan fingerprint density at radius 3 is 2.75 bits per heavy atom. The average molecular weight is 272 g/mol. The summed E-state index contributed by atoms with van der Waals surface area (Å²) >= 11 is 0. The highest BCUT2D eigenvalue weighted by molar-refractivity contribution is 5.21. The Bertz CT molecular complexity index is 542. The molecule has 0 spiro atoms. The van der Waals surface area contributed by atoms with E-state index in [-0.39, 0.29) is 6.04 Å². The topological polar surface area (TPSA) is 73.9 Å². The fraction of sp³-hybridized carbons (Fsp3) is 0.400. The van der Waals surface area contributed by atoms with Crippen molar-refractivity contribution in [2.75, 3.05) is 7.11 Å². The first-order valence-electron chi connectivity index (χ1n) is 6.76. The number of ether oxygens (including phenoxy) is 1. The molecular formula is C15H20N4O. The molecule has 0 aliphatic carbocycles. The van der Waals surface area contributed by atoms with Crippen LogP contribution >= 0.6 is 0 Å². The first-order valence-corrected chi connectivity index (χ1v) is 6.76. The molecule has 106 valence electrons. The zero-order valence-electron chi connectivity index (χ0n) is 11.9. The standard InChI is InChI=1S/C15H20N4O/c1-3-12(16)9-13-6-7-17-14(19-13)8-11-4-5-15(20-2)18-10-11/h4-7,10,12H,3,8-9,16H2,1-2H3. The van der Waals surface area contributed by atoms with E-state index >= 15 is 0 Å². The molecule has 0 fully saturated rings. The largest absolute Gasteiger partial charge is 0.481 e. The molecule has 2 aromatic rings. The molecule has 0 aliphatic heterocycles. The lowest BCUT2D eigenvalue weighted by Gasteiger charge is -2.08. The van der Waals surface area contributed by atoms with Gasteiger partial charge in [0.2, 0.25) is 5.88 Å². The number of pyridine rings is 1. The number of rotatable bonds is 6. The molecule has 2 heterocycles. The highest BCUT2D eigenvalue weighted by Gasteiger charge is 2.06. The van der Waals surface area contributed by atoms with Crippen LogP contribution in [-0.4, -0.2) is 28.1 Å². The Hall–Kier alpha value is -2.01. The number of hydrogen-bond acceptors (Lipinski definition) is 5. The molecule has 2 aromatic heterocycles. The van der Waals surface area contributed by atoms with E-state index < -0.39 is 0 Å². The number of nitrogens with two attached hydrogens (primary N) is 1. The minimum atomic E-state index is 0.153. The van der Waals surface area contributed by atoms with E-state index in [0.717, 1.165) is 29.9 Å². The molecule has 0 aromatic carbocycles. The van der Waals surface area contributed by atoms with Crippen molar-refractivity contribution in [3.8, 4) is 5.88 Å². The molecule has 0 saturated heterocycles. The first kappa shape index (κ1) is 14.4. The molecule has 0 radical (unpaired) electrons. The number of aromatic nitrogens is 3. The van der Waals surface area contributed by atoms with Crippen molar-refractivity contribution < 1.29 is 4.74 Å². The van der Waals surface area contributed by atoms with Crippen LogP contribution in [0.15, 0.2) is 30.6 Å². The van der Waals surface area contributed by atoms with Gasteiger partial charge in [0.25, 0.3) is 0 Å². The second kappa shape index (κ2) is 6.96. The molecule has 0 bridgehead atoms. The van der Waals surface area contributed by atoms with Crippen molar-refractivity contribution in [1.29, 1.82) is 0 Å². The Kier molecular flexibility index (Phi) is 5.01. The summed E-state index contributed by atoms with van der Waals surface area (Å²) < 4.78 is 5.04. The molecule has 0 saturated carbocycles. The van der Waals surface area contributed by atoms with Gasteiger partial charge in [-0.15, -0.1) is 0 Å². The predicted molar refractivity (Wildman–Crippen MR) is 77.6 cm³/mol. The molecule has 0 aliphatic rings. The third kappa shape index (κ3) is 3.99. The van der Waals surface area contributed by atoms with Crippen molar-refractivity contribution in [3.05, 3.63) is 47.7 Å². The minimum absolute atomic E-state index is 0.153. The van der Waals surface area contributed by atoms with Gasteiger partial charge in [0.15, 0.2) is 0 Å². The second-order valence-electron chi connectivity index (χ2n) is 4.72. The van der Waals surface area contributed by atoms with E-state index in [4.69, 9.17) is 10.5 Å². The maximum Gasteiger partial charge on any atom is 0.212 e. The highest BCUT2D eigenvalue weighted by atomic mass is 16.5. The van der Waals surface area contributed by atoms with Gasteiger partial charge < -0.3 is 10.5 Å². The smallest absolute Gasteiger partial charge is 0.212 e. The van der Waals surface area contributed by atoms with Crippen molar-refractivity contribution in [3.63, 3.8) is 0 Å². The molecule has 5 heteroatoms. The third-order valence-electron chi connectivity index (χ3n) is 3.13. The zero-order valence-corrected chi connectivity index (χ0v) is 11.9. The summed E-state index contributed by atoms with van der Waals surface area (Å²) in [6.07, 6.45) is 5.96. The van der Waals surface area contributed by atoms with E-state index in [1.54, 1.807) is 19.5 Å². The van der Waals surface area contributed by atoms with Gasteiger partial charge in [-0.3, -0.25) is 0 Å². The van der Waals surface area contributed by atoms with Crippen LogP contribution in [0.4, 0.5) is 0 Å². The maximum absolute atomic E-state index is 5.96. The van der Waals surface area contributed by atoms with Crippen LogP contribution in [0.2, 0.25) is 0 Å². The van der Waals surface area contributed by atoms with E-state index in [1.807, 2.05) is 18.2 Å². The zero-order chi connectivity index (χ0) is 14.4. The van der Waals surface area contributed by atoms with Crippen LogP contribution in [0.25, 0.3) is 0 Å². The molecule has 1 atom stereocenters. The molecule has 1 unspecified atom stereocenters. The molecular weight excluding hydrogens is 252 g/mol. The van der Waals surface area contributed by atoms with E-state index in [0.29, 0.717) is 12.3 Å². The monoisotopic (exact) mass is 272 g/mol. The summed E-state index contributed by atoms with van der Waals surface area (Å²) in [4.78, 5) is 13.0. The average Bonchev–Trinajstić information content (AvgIpc) is 2.48. The fourth-order valence-electron chi connectivity index (χ4n) is 1.87. The van der Waals surface area contributed by atoms with Crippen molar-refractivity contribution in [2.45, 2.75) is 32.2 Å². The van der Waals surface area contributed by atoms with Crippen LogP contribution < -0.4 is 10.5 Å². The van der Waals surface area contributed by atoms with Gasteiger partial charge in [-0.25, -0.2) is 15.0 Å². The molecule has 2 rings (SSSR count). The molecule has 0 amide bonds. The van der Waals surface area contributed by atoms with E-state index in [1.165, 1.54) is 0 Å². The van der Waals surface area contributed by atoms with Crippen LogP contribution in [0.3, 0.4) is 0 Å². The normalized spacial score (nSPS) is 12.2. The summed E-state index contributed by atoms with van der Waals surface area (Å²) in [6.45, 7) is 2.08. The van der Waals surface area contributed by atoms with Gasteiger partial charge in [-0.1, -0.05) is 13.0 Å². The Labute approximate surface area is 119 Å². The summed E-state index contributed by atoms with van der Waals surface area (Å²) in [5, 5.41) is 0. The van der Waals surface area contributed by atoms with Gasteiger partial charge >= 0.3 is 0 Å². The van der Waals surface area contributed by atoms with Gasteiger partial charge in [-0.05, 0) is 18.1 Å². The van der Waals surface area contributed by atoms with Gasteiger partial charge in [0.05, 0.1) is 7.11 Å². The molecule has 2 N–H and O–H groups in total. The van der Waals surface area contributed by atoms with Crippen molar-refractivity contribution in [2.24, 2.45) is 5.73 Å². The van der Waals surface area contributed by atoms with E-state index in [9.17, 15) is 0 Å². The Balaban J connectivity index is 2.06. The van der Waals surface area contributed by atoms with Crippen LogP contribution in [0.5, 0.6) is 5.88 Å². The minimum Gasteiger partial charge on any atom is -0.481 e. The van der Waals surface area contributed by atoms with Gasteiger partial charge in [-0.2, -0.15) is 0 Å². The number of methoxy groups -OCH3 is 1. The second-order valence-corrected chi connectivity index (χ2v) is 4.72. The summed E-state index contributed by atoms with van der Waals surface area (Å²) in [5.41, 5.74) is 8.00. The van der Waals surface area contributed by atoms with Crippen LogP contribution in [0, 0.1) is 0 Å². The highest BCUT2D eigenvalue weighted by Crippen LogP contribution is 2.10. The van der Waals surface area contributed by atoms with Crippen LogP contribution in [-0.2, 0) is 12.8 Å². The Morgan fingerprint density at radius 1 is 1.25 bits per heavy atom. The van der Waals surface area contributed by atoms with E-state index in [2.05, 4.69) is 21.9 Å². The quantitative estimate of drug-likeness (QED) is 0.867. The number of hydrogen-bond donors (Lipinski definition) is 1.